The fourth-order valence-electron chi connectivity index (χ4n) is 3.29. The first-order chi connectivity index (χ1) is 12.5. The zero-order chi connectivity index (χ0) is 18.3. The molecule has 1 saturated carbocycles. The van der Waals surface area contributed by atoms with E-state index in [2.05, 4.69) is 38.7 Å². The zero-order valence-electron chi connectivity index (χ0n) is 15.4. The molecule has 0 aliphatic heterocycles. The van der Waals surface area contributed by atoms with Crippen molar-refractivity contribution < 1.29 is 4.79 Å². The summed E-state index contributed by atoms with van der Waals surface area (Å²) in [5.41, 5.74) is 2.27. The number of aryl methyl sites for hydroxylation is 1. The number of pyridine rings is 1. The Morgan fingerprint density at radius 1 is 1.31 bits per heavy atom. The highest BCUT2D eigenvalue weighted by atomic mass is 16.1. The van der Waals surface area contributed by atoms with Gasteiger partial charge in [0.05, 0.1) is 11.9 Å². The molecule has 0 saturated heterocycles. The van der Waals surface area contributed by atoms with Crippen LogP contribution in [0.5, 0.6) is 0 Å². The summed E-state index contributed by atoms with van der Waals surface area (Å²) in [4.78, 5) is 25.7. The van der Waals surface area contributed by atoms with Crippen LogP contribution in [-0.2, 0) is 6.54 Å². The molecule has 136 valence electrons. The van der Waals surface area contributed by atoms with E-state index < -0.39 is 0 Å². The lowest BCUT2D eigenvalue weighted by atomic mass is 10.1. The Morgan fingerprint density at radius 3 is 2.77 bits per heavy atom. The van der Waals surface area contributed by atoms with Crippen LogP contribution in [0.1, 0.15) is 48.9 Å². The fraction of sp³-hybridized carbons (Fsp3) is 0.474. The topological polar surface area (TPSA) is 77.6 Å². The van der Waals surface area contributed by atoms with Gasteiger partial charge >= 0.3 is 0 Å². The second-order valence-corrected chi connectivity index (χ2v) is 7.60. The molecule has 7 nitrogen and oxygen atoms in total. The molecule has 1 N–H and O–H groups in total. The largest absolute Gasteiger partial charge is 0.351 e. The molecule has 1 amide bonds. The fourth-order valence-corrected chi connectivity index (χ4v) is 3.29. The first-order valence-electron chi connectivity index (χ1n) is 9.06. The van der Waals surface area contributed by atoms with Gasteiger partial charge in [-0.3, -0.25) is 4.79 Å². The summed E-state index contributed by atoms with van der Waals surface area (Å²) in [6.45, 7) is 7.74. The molecule has 1 aliphatic rings. The maximum atomic E-state index is 12.6. The van der Waals surface area contributed by atoms with Crippen LogP contribution in [0.4, 0.5) is 0 Å². The summed E-state index contributed by atoms with van der Waals surface area (Å²) in [6.07, 6.45) is 9.48. The molecule has 26 heavy (non-hydrogen) atoms. The number of nitrogens with one attached hydrogen (secondary N) is 1. The molecule has 3 aromatic rings. The Morgan fingerprint density at radius 2 is 2.12 bits per heavy atom. The lowest BCUT2D eigenvalue weighted by Gasteiger charge is -2.17. The first-order valence-corrected chi connectivity index (χ1v) is 9.06. The van der Waals surface area contributed by atoms with E-state index in [1.807, 2.05) is 30.0 Å². The normalized spacial score (nSPS) is 15.5. The monoisotopic (exact) mass is 352 g/mol. The van der Waals surface area contributed by atoms with Crippen LogP contribution in [-0.4, -0.2) is 36.5 Å². The van der Waals surface area contributed by atoms with Crippen LogP contribution in [0.2, 0.25) is 0 Å². The van der Waals surface area contributed by atoms with Gasteiger partial charge in [-0.05, 0) is 39.7 Å². The number of rotatable bonds is 6. The number of carbonyl (C=O) groups is 1. The number of imidazole rings is 2. The minimum Gasteiger partial charge on any atom is -0.351 e. The second kappa shape index (κ2) is 6.23. The van der Waals surface area contributed by atoms with Gasteiger partial charge in [0, 0.05) is 43.1 Å². The highest BCUT2D eigenvalue weighted by Gasteiger charge is 2.43. The number of hydrogen-bond donors (Lipinski definition) is 1. The summed E-state index contributed by atoms with van der Waals surface area (Å²) >= 11 is 0. The van der Waals surface area contributed by atoms with E-state index in [1.165, 1.54) is 0 Å². The van der Waals surface area contributed by atoms with Crippen molar-refractivity contribution in [3.8, 4) is 0 Å². The number of nitrogens with zero attached hydrogens (tertiary/aromatic N) is 5. The highest BCUT2D eigenvalue weighted by Crippen LogP contribution is 2.46. The van der Waals surface area contributed by atoms with E-state index in [0.717, 1.165) is 36.4 Å². The molecule has 0 bridgehead atoms. The average molecular weight is 352 g/mol. The molecule has 0 radical (unpaired) electrons. The second-order valence-electron chi connectivity index (χ2n) is 7.60. The third-order valence-corrected chi connectivity index (χ3v) is 5.24. The van der Waals surface area contributed by atoms with E-state index in [-0.39, 0.29) is 17.4 Å². The van der Waals surface area contributed by atoms with Crippen LogP contribution >= 0.6 is 0 Å². The van der Waals surface area contributed by atoms with Gasteiger partial charge in [0.1, 0.15) is 11.3 Å². The van der Waals surface area contributed by atoms with Crippen molar-refractivity contribution in [2.24, 2.45) is 5.41 Å². The molecular weight excluding hydrogens is 328 g/mol. The van der Waals surface area contributed by atoms with Gasteiger partial charge < -0.3 is 14.5 Å². The maximum absolute atomic E-state index is 12.6. The van der Waals surface area contributed by atoms with E-state index in [4.69, 9.17) is 0 Å². The Balaban J connectivity index is 1.43. The zero-order valence-corrected chi connectivity index (χ0v) is 15.4. The molecule has 7 heteroatoms. The van der Waals surface area contributed by atoms with Crippen LogP contribution < -0.4 is 5.32 Å². The Kier molecular flexibility index (Phi) is 4.01. The molecule has 3 aromatic heterocycles. The van der Waals surface area contributed by atoms with Gasteiger partial charge in [0.2, 0.25) is 0 Å². The predicted molar refractivity (Wildman–Crippen MR) is 98.9 cm³/mol. The first kappa shape index (κ1) is 16.8. The third kappa shape index (κ3) is 3.09. The lowest BCUT2D eigenvalue weighted by molar-refractivity contribution is 0.0942. The van der Waals surface area contributed by atoms with Crippen molar-refractivity contribution in [1.29, 1.82) is 0 Å². The number of carbonyl (C=O) groups excluding carboxylic acids is 1. The van der Waals surface area contributed by atoms with Crippen LogP contribution in [0, 0.1) is 12.3 Å². The van der Waals surface area contributed by atoms with Crippen molar-refractivity contribution in [2.45, 2.75) is 46.2 Å². The molecule has 0 aromatic carbocycles. The van der Waals surface area contributed by atoms with Crippen molar-refractivity contribution >= 4 is 17.1 Å². The van der Waals surface area contributed by atoms with Gasteiger partial charge in [0.15, 0.2) is 5.65 Å². The molecule has 3 heterocycles. The van der Waals surface area contributed by atoms with Gasteiger partial charge in [-0.1, -0.05) is 0 Å². The average Bonchev–Trinajstić information content (AvgIpc) is 3.06. The Labute approximate surface area is 152 Å². The number of aromatic nitrogens is 5. The Hall–Kier alpha value is -2.70. The maximum Gasteiger partial charge on any atom is 0.252 e. The minimum absolute atomic E-state index is 0.0906. The number of amides is 1. The molecule has 0 unspecified atom stereocenters. The van der Waals surface area contributed by atoms with Crippen molar-refractivity contribution in [3.63, 3.8) is 0 Å². The SMILES string of the molecule is Cc1nccn1CC1(CNC(=O)c2cnc3c(c2)ncn3C(C)C)CC1. The van der Waals surface area contributed by atoms with Gasteiger partial charge in [-0.25, -0.2) is 15.0 Å². The molecule has 4 rings (SSSR count). The number of hydrogen-bond acceptors (Lipinski definition) is 4. The van der Waals surface area contributed by atoms with Crippen molar-refractivity contribution in [2.75, 3.05) is 6.54 Å². The third-order valence-electron chi connectivity index (χ3n) is 5.24. The highest BCUT2D eigenvalue weighted by molar-refractivity contribution is 5.96. The van der Waals surface area contributed by atoms with Crippen molar-refractivity contribution in [1.82, 2.24) is 29.4 Å². The van der Waals surface area contributed by atoms with Crippen molar-refractivity contribution in [3.05, 3.63) is 42.4 Å². The van der Waals surface area contributed by atoms with Gasteiger partial charge in [0.25, 0.3) is 5.91 Å². The van der Waals surface area contributed by atoms with E-state index in [0.29, 0.717) is 12.1 Å². The van der Waals surface area contributed by atoms with E-state index in [9.17, 15) is 4.79 Å². The molecular formula is C19H24N6O. The van der Waals surface area contributed by atoms with Crippen LogP contribution in [0.3, 0.4) is 0 Å². The number of fused-ring (bicyclic) bond motifs is 1. The molecule has 0 spiro atoms. The molecule has 1 fully saturated rings. The minimum atomic E-state index is -0.0906. The summed E-state index contributed by atoms with van der Waals surface area (Å²) in [5.74, 6) is 0.921. The van der Waals surface area contributed by atoms with Crippen LogP contribution in [0.25, 0.3) is 11.2 Å². The van der Waals surface area contributed by atoms with E-state index >= 15 is 0 Å². The van der Waals surface area contributed by atoms with Crippen LogP contribution in [0.15, 0.2) is 31.0 Å². The summed E-state index contributed by atoms with van der Waals surface area (Å²) < 4.78 is 4.16. The summed E-state index contributed by atoms with van der Waals surface area (Å²) in [5, 5.41) is 3.08. The molecule has 0 atom stereocenters. The lowest BCUT2D eigenvalue weighted by Crippen LogP contribution is -2.32. The summed E-state index contributed by atoms with van der Waals surface area (Å²) in [7, 11) is 0. The summed E-state index contributed by atoms with van der Waals surface area (Å²) in [6, 6.07) is 2.10. The van der Waals surface area contributed by atoms with Gasteiger partial charge in [-0.15, -0.1) is 0 Å². The standard InChI is InChI=1S/C19H24N6O/c1-13(2)25-12-23-16-8-15(9-21-17(16)25)18(26)22-10-19(4-5-19)11-24-7-6-20-14(24)3/h6-9,12-13H,4-5,10-11H2,1-3H3,(H,22,26). The van der Waals surface area contributed by atoms with E-state index in [1.54, 1.807) is 12.5 Å². The smallest absolute Gasteiger partial charge is 0.252 e. The molecule has 1 aliphatic carbocycles. The Bertz CT molecular complexity index is 950. The quantitative estimate of drug-likeness (QED) is 0.740. The predicted octanol–water partition coefficient (Wildman–Crippen LogP) is 2.73. The van der Waals surface area contributed by atoms with Gasteiger partial charge in [-0.2, -0.15) is 0 Å².